The number of hydrogen-bond acceptors (Lipinski definition) is 2. The topological polar surface area (TPSA) is 12.5 Å². The average molecular weight is 183 g/mol. The number of hydrogen-bond donors (Lipinski definition) is 0. The van der Waals surface area contributed by atoms with Crippen LogP contribution in [0.3, 0.4) is 0 Å². The van der Waals surface area contributed by atoms with Crippen molar-refractivity contribution in [3.8, 4) is 0 Å². The molecule has 2 saturated heterocycles. The van der Waals surface area contributed by atoms with E-state index in [4.69, 9.17) is 4.74 Å². The summed E-state index contributed by atoms with van der Waals surface area (Å²) < 4.78 is 5.54. The summed E-state index contributed by atoms with van der Waals surface area (Å²) in [6, 6.07) is 0.706. The van der Waals surface area contributed by atoms with Crippen molar-refractivity contribution in [1.29, 1.82) is 0 Å². The van der Waals surface area contributed by atoms with E-state index in [2.05, 4.69) is 18.7 Å². The van der Waals surface area contributed by atoms with Crippen LogP contribution in [0.1, 0.15) is 33.1 Å². The molecule has 0 bridgehead atoms. The van der Waals surface area contributed by atoms with Crippen molar-refractivity contribution >= 4 is 0 Å². The number of rotatable bonds is 1. The molecule has 0 amide bonds. The number of ether oxygens (including phenoxy) is 1. The highest BCUT2D eigenvalue weighted by Crippen LogP contribution is 2.37. The first-order valence-corrected chi connectivity index (χ1v) is 5.54. The first-order chi connectivity index (χ1) is 6.22. The summed E-state index contributed by atoms with van der Waals surface area (Å²) in [7, 11) is 0. The Bertz CT molecular complexity index is 173. The second-order valence-corrected chi connectivity index (χ2v) is 4.97. The Kier molecular flexibility index (Phi) is 2.61. The van der Waals surface area contributed by atoms with Gasteiger partial charge in [0.1, 0.15) is 0 Å². The summed E-state index contributed by atoms with van der Waals surface area (Å²) in [5.41, 5.74) is 0.530. The maximum Gasteiger partial charge on any atom is 0.0535 e. The van der Waals surface area contributed by atoms with Gasteiger partial charge in [-0.1, -0.05) is 0 Å². The van der Waals surface area contributed by atoms with Gasteiger partial charge in [0.25, 0.3) is 0 Å². The van der Waals surface area contributed by atoms with Crippen LogP contribution in [-0.4, -0.2) is 37.2 Å². The Morgan fingerprint density at radius 1 is 1.31 bits per heavy atom. The lowest BCUT2D eigenvalue weighted by Gasteiger charge is -2.41. The van der Waals surface area contributed by atoms with Crippen LogP contribution in [-0.2, 0) is 4.74 Å². The third-order valence-corrected chi connectivity index (χ3v) is 3.61. The van der Waals surface area contributed by atoms with E-state index in [9.17, 15) is 0 Å². The van der Waals surface area contributed by atoms with Crippen molar-refractivity contribution in [2.75, 3.05) is 26.3 Å². The minimum absolute atomic E-state index is 0.530. The van der Waals surface area contributed by atoms with Gasteiger partial charge in [0.2, 0.25) is 0 Å². The molecule has 0 radical (unpaired) electrons. The Hall–Kier alpha value is -0.0800. The van der Waals surface area contributed by atoms with Gasteiger partial charge in [-0.3, -0.25) is 0 Å². The molecule has 76 valence electrons. The molecule has 1 spiro atoms. The molecule has 0 saturated carbocycles. The van der Waals surface area contributed by atoms with Gasteiger partial charge in [0.05, 0.1) is 6.61 Å². The Labute approximate surface area is 81.3 Å². The van der Waals surface area contributed by atoms with E-state index in [0.29, 0.717) is 11.5 Å². The predicted molar refractivity (Wildman–Crippen MR) is 53.8 cm³/mol. The van der Waals surface area contributed by atoms with Crippen LogP contribution in [0.25, 0.3) is 0 Å². The monoisotopic (exact) mass is 183 g/mol. The van der Waals surface area contributed by atoms with Gasteiger partial charge < -0.3 is 9.64 Å². The normalized spacial score (nSPS) is 36.2. The lowest BCUT2D eigenvalue weighted by Crippen LogP contribution is -2.46. The molecule has 0 aromatic carbocycles. The fourth-order valence-corrected chi connectivity index (χ4v) is 2.66. The highest BCUT2D eigenvalue weighted by molar-refractivity contribution is 4.90. The summed E-state index contributed by atoms with van der Waals surface area (Å²) in [6.07, 6.45) is 4.04. The van der Waals surface area contributed by atoms with Crippen LogP contribution in [0.15, 0.2) is 0 Å². The smallest absolute Gasteiger partial charge is 0.0535 e. The third-order valence-electron chi connectivity index (χ3n) is 3.61. The minimum atomic E-state index is 0.530. The van der Waals surface area contributed by atoms with Crippen LogP contribution in [0.4, 0.5) is 0 Å². The van der Waals surface area contributed by atoms with Crippen LogP contribution >= 0.6 is 0 Å². The summed E-state index contributed by atoms with van der Waals surface area (Å²) >= 11 is 0. The van der Waals surface area contributed by atoms with Gasteiger partial charge in [-0.2, -0.15) is 0 Å². The quantitative estimate of drug-likeness (QED) is 0.615. The Balaban J connectivity index is 1.98. The van der Waals surface area contributed by atoms with E-state index >= 15 is 0 Å². The van der Waals surface area contributed by atoms with Crippen molar-refractivity contribution in [2.24, 2.45) is 5.41 Å². The molecular formula is C11H21NO. The second kappa shape index (κ2) is 3.58. The van der Waals surface area contributed by atoms with Crippen molar-refractivity contribution in [3.63, 3.8) is 0 Å². The number of likely N-dealkylation sites (tertiary alicyclic amines) is 1. The predicted octanol–water partition coefficient (Wildman–Crippen LogP) is 1.90. The molecule has 1 unspecified atom stereocenters. The number of piperidine rings is 1. The van der Waals surface area contributed by atoms with Crippen LogP contribution in [0.5, 0.6) is 0 Å². The molecular weight excluding hydrogens is 162 g/mol. The molecule has 0 aliphatic carbocycles. The van der Waals surface area contributed by atoms with Gasteiger partial charge in [-0.15, -0.1) is 0 Å². The van der Waals surface area contributed by atoms with Crippen molar-refractivity contribution in [1.82, 2.24) is 4.90 Å². The molecule has 13 heavy (non-hydrogen) atoms. The molecule has 2 rings (SSSR count). The molecule has 2 aliphatic heterocycles. The van der Waals surface area contributed by atoms with E-state index in [1.54, 1.807) is 0 Å². The molecule has 1 atom stereocenters. The molecule has 2 heteroatoms. The van der Waals surface area contributed by atoms with E-state index < -0.39 is 0 Å². The second-order valence-electron chi connectivity index (χ2n) is 4.97. The van der Waals surface area contributed by atoms with Crippen LogP contribution in [0, 0.1) is 5.41 Å². The summed E-state index contributed by atoms with van der Waals surface area (Å²) in [5, 5.41) is 0. The van der Waals surface area contributed by atoms with Gasteiger partial charge in [-0.05, 0) is 39.7 Å². The SMILES string of the molecule is CC(C)N1CCCC2(CCOC2)C1. The molecule has 2 fully saturated rings. The van der Waals surface area contributed by atoms with Crippen LogP contribution < -0.4 is 0 Å². The van der Waals surface area contributed by atoms with E-state index in [1.807, 2.05) is 0 Å². The van der Waals surface area contributed by atoms with Gasteiger partial charge in [0, 0.05) is 24.6 Å². The Morgan fingerprint density at radius 3 is 2.77 bits per heavy atom. The number of nitrogens with zero attached hydrogens (tertiary/aromatic N) is 1. The first-order valence-electron chi connectivity index (χ1n) is 5.54. The largest absolute Gasteiger partial charge is 0.381 e. The fourth-order valence-electron chi connectivity index (χ4n) is 2.66. The van der Waals surface area contributed by atoms with Crippen LogP contribution in [0.2, 0.25) is 0 Å². The molecule has 0 aromatic rings. The van der Waals surface area contributed by atoms with Crippen molar-refractivity contribution < 1.29 is 4.74 Å². The van der Waals surface area contributed by atoms with Gasteiger partial charge in [0.15, 0.2) is 0 Å². The summed E-state index contributed by atoms with van der Waals surface area (Å²) in [4.78, 5) is 2.61. The third kappa shape index (κ3) is 1.89. The summed E-state index contributed by atoms with van der Waals surface area (Å²) in [5.74, 6) is 0. The lowest BCUT2D eigenvalue weighted by molar-refractivity contribution is 0.0520. The molecule has 0 aromatic heterocycles. The van der Waals surface area contributed by atoms with E-state index in [1.165, 1.54) is 32.4 Å². The van der Waals surface area contributed by atoms with Crippen molar-refractivity contribution in [3.05, 3.63) is 0 Å². The van der Waals surface area contributed by atoms with E-state index in [0.717, 1.165) is 13.2 Å². The lowest BCUT2D eigenvalue weighted by atomic mass is 9.79. The highest BCUT2D eigenvalue weighted by atomic mass is 16.5. The maximum absolute atomic E-state index is 5.54. The zero-order valence-corrected chi connectivity index (χ0v) is 8.88. The molecule has 2 heterocycles. The first kappa shape index (κ1) is 9.47. The van der Waals surface area contributed by atoms with E-state index in [-0.39, 0.29) is 0 Å². The maximum atomic E-state index is 5.54. The van der Waals surface area contributed by atoms with Gasteiger partial charge in [-0.25, -0.2) is 0 Å². The fraction of sp³-hybridized carbons (Fsp3) is 1.00. The standard InChI is InChI=1S/C11H21NO/c1-10(2)12-6-3-4-11(8-12)5-7-13-9-11/h10H,3-9H2,1-2H3. The summed E-state index contributed by atoms with van der Waals surface area (Å²) in [6.45, 7) is 9.16. The minimum Gasteiger partial charge on any atom is -0.381 e. The molecule has 0 N–H and O–H groups in total. The molecule has 2 nitrogen and oxygen atoms in total. The van der Waals surface area contributed by atoms with Crippen molar-refractivity contribution in [2.45, 2.75) is 39.2 Å². The zero-order valence-electron chi connectivity index (χ0n) is 8.88. The average Bonchev–Trinajstić information content (AvgIpc) is 2.53. The zero-order chi connectivity index (χ0) is 9.31. The Morgan fingerprint density at radius 2 is 2.15 bits per heavy atom. The molecule has 2 aliphatic rings. The van der Waals surface area contributed by atoms with Gasteiger partial charge >= 0.3 is 0 Å². The highest BCUT2D eigenvalue weighted by Gasteiger charge is 2.39.